The first kappa shape index (κ1) is 20.8. The zero-order chi connectivity index (χ0) is 20.5. The van der Waals surface area contributed by atoms with E-state index in [1.54, 1.807) is 0 Å². The molecule has 0 saturated heterocycles. The summed E-state index contributed by atoms with van der Waals surface area (Å²) in [6, 6.07) is 11.8. The monoisotopic (exact) mass is 388 g/mol. The maximum Gasteiger partial charge on any atom is 0.326 e. The van der Waals surface area contributed by atoms with Gasteiger partial charge in [0, 0.05) is 24.1 Å². The van der Waals surface area contributed by atoms with Crippen LogP contribution in [-0.2, 0) is 27.4 Å². The topological polar surface area (TPSA) is 128 Å². The molecule has 2 aromatic carbocycles. The highest BCUT2D eigenvalue weighted by atomic mass is 16.6. The Kier molecular flexibility index (Phi) is 7.46. The standard InChI is InChI=1S/C19H20N2O7/c1-27-17-8-7-15(21(25)26)9-14(17)10-16(19(23)24)20-18(22)12-28-11-13-5-3-2-4-6-13/h2-9,16H,10-12H2,1H3,(H,20,22)(H,23,24)/t16-/m1/s1. The summed E-state index contributed by atoms with van der Waals surface area (Å²) in [7, 11) is 1.37. The number of methoxy groups -OCH3 is 1. The predicted octanol–water partition coefficient (Wildman–Crippen LogP) is 1.93. The van der Waals surface area contributed by atoms with Gasteiger partial charge in [-0.25, -0.2) is 4.79 Å². The molecule has 0 aliphatic rings. The van der Waals surface area contributed by atoms with E-state index >= 15 is 0 Å². The second-order valence-electron chi connectivity index (χ2n) is 5.89. The van der Waals surface area contributed by atoms with Crippen molar-refractivity contribution in [3.63, 3.8) is 0 Å². The molecule has 9 nitrogen and oxygen atoms in total. The van der Waals surface area contributed by atoms with Crippen molar-refractivity contribution in [3.8, 4) is 5.75 Å². The van der Waals surface area contributed by atoms with E-state index in [0.29, 0.717) is 11.3 Å². The first-order valence-corrected chi connectivity index (χ1v) is 8.36. The number of hydrogen-bond donors (Lipinski definition) is 2. The second kappa shape index (κ2) is 10.0. The van der Waals surface area contributed by atoms with Gasteiger partial charge >= 0.3 is 5.97 Å². The Morgan fingerprint density at radius 2 is 1.93 bits per heavy atom. The van der Waals surface area contributed by atoms with Crippen molar-refractivity contribution < 1.29 is 29.1 Å². The Morgan fingerprint density at radius 1 is 1.21 bits per heavy atom. The number of nitro groups is 1. The molecule has 2 rings (SSSR count). The van der Waals surface area contributed by atoms with Gasteiger partial charge in [0.15, 0.2) is 0 Å². The molecular formula is C19H20N2O7. The predicted molar refractivity (Wildman–Crippen MR) is 99.0 cm³/mol. The Labute approximate surface area is 161 Å². The summed E-state index contributed by atoms with van der Waals surface area (Å²) in [5.74, 6) is -1.58. The molecule has 0 bridgehead atoms. The lowest BCUT2D eigenvalue weighted by molar-refractivity contribution is -0.384. The van der Waals surface area contributed by atoms with E-state index in [1.807, 2.05) is 30.3 Å². The van der Waals surface area contributed by atoms with Gasteiger partial charge in [0.25, 0.3) is 5.69 Å². The van der Waals surface area contributed by atoms with Crippen molar-refractivity contribution in [3.05, 3.63) is 69.8 Å². The van der Waals surface area contributed by atoms with Gasteiger partial charge in [0.2, 0.25) is 5.91 Å². The van der Waals surface area contributed by atoms with Crippen molar-refractivity contribution in [2.24, 2.45) is 0 Å². The zero-order valence-corrected chi connectivity index (χ0v) is 15.2. The van der Waals surface area contributed by atoms with Crippen LogP contribution < -0.4 is 10.1 Å². The Bertz CT molecular complexity index is 839. The van der Waals surface area contributed by atoms with E-state index in [2.05, 4.69) is 5.32 Å². The molecule has 0 aromatic heterocycles. The van der Waals surface area contributed by atoms with Crippen LogP contribution in [0.25, 0.3) is 0 Å². The third kappa shape index (κ3) is 6.06. The number of ether oxygens (including phenoxy) is 2. The van der Waals surface area contributed by atoms with Gasteiger partial charge in [0.05, 0.1) is 18.6 Å². The lowest BCUT2D eigenvalue weighted by atomic mass is 10.0. The summed E-state index contributed by atoms with van der Waals surface area (Å²) in [4.78, 5) is 33.9. The molecular weight excluding hydrogens is 368 g/mol. The second-order valence-corrected chi connectivity index (χ2v) is 5.89. The molecule has 0 spiro atoms. The number of nitrogens with one attached hydrogen (secondary N) is 1. The number of rotatable bonds is 10. The fraction of sp³-hybridized carbons (Fsp3) is 0.263. The average Bonchev–Trinajstić information content (AvgIpc) is 2.68. The van der Waals surface area contributed by atoms with Gasteiger partial charge in [-0.05, 0) is 11.6 Å². The van der Waals surface area contributed by atoms with Gasteiger partial charge in [0.1, 0.15) is 18.4 Å². The fourth-order valence-corrected chi connectivity index (χ4v) is 2.53. The highest BCUT2D eigenvalue weighted by Crippen LogP contribution is 2.25. The summed E-state index contributed by atoms with van der Waals surface area (Å²) in [6.07, 6.45) is -0.176. The molecule has 148 valence electrons. The fourth-order valence-electron chi connectivity index (χ4n) is 2.53. The molecule has 28 heavy (non-hydrogen) atoms. The Morgan fingerprint density at radius 3 is 2.54 bits per heavy atom. The first-order chi connectivity index (χ1) is 13.4. The van der Waals surface area contributed by atoms with E-state index in [4.69, 9.17) is 9.47 Å². The number of nitro benzene ring substituents is 1. The number of carboxylic acid groups (broad SMARTS) is 1. The molecule has 1 atom stereocenters. The maximum absolute atomic E-state index is 12.0. The third-order valence-electron chi connectivity index (χ3n) is 3.88. The molecule has 9 heteroatoms. The molecule has 0 aliphatic heterocycles. The van der Waals surface area contributed by atoms with Crippen LogP contribution in [0.4, 0.5) is 5.69 Å². The summed E-state index contributed by atoms with van der Waals surface area (Å²) in [5.41, 5.74) is 0.985. The van der Waals surface area contributed by atoms with Crippen LogP contribution in [-0.4, -0.2) is 41.7 Å². The van der Waals surface area contributed by atoms with E-state index in [1.165, 1.54) is 25.3 Å². The number of amides is 1. The number of non-ortho nitro benzene ring substituents is 1. The third-order valence-corrected chi connectivity index (χ3v) is 3.88. The van der Waals surface area contributed by atoms with Crippen LogP contribution in [0, 0.1) is 10.1 Å². The quantitative estimate of drug-likeness (QED) is 0.470. The minimum Gasteiger partial charge on any atom is -0.496 e. The molecule has 0 unspecified atom stereocenters. The van der Waals surface area contributed by atoms with E-state index < -0.39 is 22.8 Å². The van der Waals surface area contributed by atoms with Crippen molar-refractivity contribution >= 4 is 17.6 Å². The Hall–Kier alpha value is -3.46. The van der Waals surface area contributed by atoms with Crippen molar-refractivity contribution in [1.29, 1.82) is 0 Å². The summed E-state index contributed by atoms with van der Waals surface area (Å²) in [6.45, 7) is -0.102. The smallest absolute Gasteiger partial charge is 0.326 e. The van der Waals surface area contributed by atoms with E-state index in [-0.39, 0.29) is 25.3 Å². The molecule has 0 aliphatic carbocycles. The molecule has 0 heterocycles. The first-order valence-electron chi connectivity index (χ1n) is 8.36. The molecule has 0 radical (unpaired) electrons. The molecule has 2 N–H and O–H groups in total. The van der Waals surface area contributed by atoms with Gasteiger partial charge < -0.3 is 19.9 Å². The Balaban J connectivity index is 1.99. The molecule has 1 amide bonds. The van der Waals surface area contributed by atoms with Gasteiger partial charge in [-0.15, -0.1) is 0 Å². The number of nitrogens with zero attached hydrogens (tertiary/aromatic N) is 1. The van der Waals surface area contributed by atoms with Crippen LogP contribution in [0.15, 0.2) is 48.5 Å². The molecule has 0 fully saturated rings. The normalized spacial score (nSPS) is 11.5. The van der Waals surface area contributed by atoms with E-state index in [0.717, 1.165) is 5.56 Å². The number of hydrogen-bond acceptors (Lipinski definition) is 6. The van der Waals surface area contributed by atoms with Crippen LogP contribution in [0.1, 0.15) is 11.1 Å². The number of carbonyl (C=O) groups excluding carboxylic acids is 1. The maximum atomic E-state index is 12.0. The minimum atomic E-state index is -1.29. The van der Waals surface area contributed by atoms with Crippen LogP contribution in [0.5, 0.6) is 5.75 Å². The van der Waals surface area contributed by atoms with Crippen LogP contribution >= 0.6 is 0 Å². The van der Waals surface area contributed by atoms with Gasteiger partial charge in [-0.1, -0.05) is 30.3 Å². The average molecular weight is 388 g/mol. The summed E-state index contributed by atoms with van der Waals surface area (Å²) >= 11 is 0. The zero-order valence-electron chi connectivity index (χ0n) is 15.2. The van der Waals surface area contributed by atoms with Crippen LogP contribution in [0.3, 0.4) is 0 Å². The van der Waals surface area contributed by atoms with Crippen molar-refractivity contribution in [2.45, 2.75) is 19.1 Å². The highest BCUT2D eigenvalue weighted by Gasteiger charge is 2.23. The number of aliphatic carboxylic acids is 1. The number of benzene rings is 2. The largest absolute Gasteiger partial charge is 0.496 e. The highest BCUT2D eigenvalue weighted by molar-refractivity contribution is 5.84. The lowest BCUT2D eigenvalue weighted by Crippen LogP contribution is -2.43. The number of carbonyl (C=O) groups is 2. The van der Waals surface area contributed by atoms with Crippen LogP contribution in [0.2, 0.25) is 0 Å². The van der Waals surface area contributed by atoms with Gasteiger partial charge in [-0.2, -0.15) is 0 Å². The van der Waals surface area contributed by atoms with Crippen molar-refractivity contribution in [2.75, 3.05) is 13.7 Å². The molecule has 2 aromatic rings. The molecule has 0 saturated carbocycles. The minimum absolute atomic E-state index is 0.176. The summed E-state index contributed by atoms with van der Waals surface area (Å²) in [5, 5.41) is 22.7. The van der Waals surface area contributed by atoms with Gasteiger partial charge in [-0.3, -0.25) is 14.9 Å². The van der Waals surface area contributed by atoms with Crippen molar-refractivity contribution in [1.82, 2.24) is 5.32 Å². The summed E-state index contributed by atoms with van der Waals surface area (Å²) < 4.78 is 10.4. The SMILES string of the molecule is COc1ccc([N+](=O)[O-])cc1C[C@@H](NC(=O)COCc1ccccc1)C(=O)O. The number of carboxylic acids is 1. The van der Waals surface area contributed by atoms with E-state index in [9.17, 15) is 24.8 Å². The lowest BCUT2D eigenvalue weighted by Gasteiger charge is -2.16.